The molecule has 2 heterocycles. The third kappa shape index (κ3) is 4.38. The van der Waals surface area contributed by atoms with Crippen LogP contribution in [0, 0.1) is 0 Å². The van der Waals surface area contributed by atoms with Crippen molar-refractivity contribution in [3.05, 3.63) is 24.2 Å². The standard InChI is InChI=1S/C14H20N2O4/c1-11(17)16(9-13-5-3-7-20-13)10-14(18)15-8-12-4-2-6-19-12/h2,4,6,13H,3,5,7-10H2,1H3,(H,15,18). The van der Waals surface area contributed by atoms with E-state index in [0.717, 1.165) is 19.4 Å². The van der Waals surface area contributed by atoms with Crippen LogP contribution in [0.2, 0.25) is 0 Å². The van der Waals surface area contributed by atoms with Crippen molar-refractivity contribution in [1.82, 2.24) is 10.2 Å². The monoisotopic (exact) mass is 280 g/mol. The molecule has 1 aromatic rings. The van der Waals surface area contributed by atoms with E-state index in [-0.39, 0.29) is 24.5 Å². The van der Waals surface area contributed by atoms with Crippen molar-refractivity contribution in [2.24, 2.45) is 0 Å². The first kappa shape index (κ1) is 14.6. The molecule has 20 heavy (non-hydrogen) atoms. The van der Waals surface area contributed by atoms with Crippen LogP contribution in [0.25, 0.3) is 0 Å². The number of amides is 2. The van der Waals surface area contributed by atoms with Gasteiger partial charge in [0.15, 0.2) is 0 Å². The minimum atomic E-state index is -0.199. The van der Waals surface area contributed by atoms with Gasteiger partial charge in [-0.1, -0.05) is 0 Å². The summed E-state index contributed by atoms with van der Waals surface area (Å²) in [7, 11) is 0. The van der Waals surface area contributed by atoms with Crippen LogP contribution in [0.4, 0.5) is 0 Å². The molecule has 1 aromatic heterocycles. The van der Waals surface area contributed by atoms with E-state index in [0.29, 0.717) is 18.8 Å². The molecular formula is C14H20N2O4. The molecule has 1 N–H and O–H groups in total. The maximum absolute atomic E-state index is 11.8. The fraction of sp³-hybridized carbons (Fsp3) is 0.571. The van der Waals surface area contributed by atoms with Crippen molar-refractivity contribution >= 4 is 11.8 Å². The van der Waals surface area contributed by atoms with Gasteiger partial charge >= 0.3 is 0 Å². The number of furan rings is 1. The summed E-state index contributed by atoms with van der Waals surface area (Å²) in [5.41, 5.74) is 0. The van der Waals surface area contributed by atoms with Crippen molar-refractivity contribution in [3.63, 3.8) is 0 Å². The van der Waals surface area contributed by atoms with E-state index in [1.807, 2.05) is 0 Å². The molecule has 0 saturated carbocycles. The molecule has 0 radical (unpaired) electrons. The molecule has 0 bridgehead atoms. The first-order valence-electron chi connectivity index (χ1n) is 6.81. The van der Waals surface area contributed by atoms with Gasteiger partial charge in [-0.3, -0.25) is 9.59 Å². The fourth-order valence-corrected chi connectivity index (χ4v) is 2.17. The number of ether oxygens (including phenoxy) is 1. The van der Waals surface area contributed by atoms with E-state index in [1.165, 1.54) is 11.8 Å². The molecule has 1 fully saturated rings. The highest BCUT2D eigenvalue weighted by atomic mass is 16.5. The first-order valence-corrected chi connectivity index (χ1v) is 6.81. The summed E-state index contributed by atoms with van der Waals surface area (Å²) in [6.07, 6.45) is 3.57. The smallest absolute Gasteiger partial charge is 0.240 e. The molecule has 1 atom stereocenters. The van der Waals surface area contributed by atoms with Gasteiger partial charge < -0.3 is 19.4 Å². The maximum atomic E-state index is 11.8. The third-order valence-corrected chi connectivity index (χ3v) is 3.27. The van der Waals surface area contributed by atoms with Crippen molar-refractivity contribution in [3.8, 4) is 0 Å². The predicted molar refractivity (Wildman–Crippen MR) is 71.8 cm³/mol. The number of carbonyl (C=O) groups excluding carboxylic acids is 2. The predicted octanol–water partition coefficient (Wildman–Crippen LogP) is 0.923. The van der Waals surface area contributed by atoms with Gasteiger partial charge in [0.25, 0.3) is 0 Å². The van der Waals surface area contributed by atoms with Gasteiger partial charge in [-0.25, -0.2) is 0 Å². The van der Waals surface area contributed by atoms with Gasteiger partial charge in [-0.15, -0.1) is 0 Å². The van der Waals surface area contributed by atoms with Crippen LogP contribution in [-0.2, 0) is 20.9 Å². The Morgan fingerprint density at radius 2 is 2.35 bits per heavy atom. The molecule has 2 rings (SSSR count). The lowest BCUT2D eigenvalue weighted by Crippen LogP contribution is -2.43. The summed E-state index contributed by atoms with van der Waals surface area (Å²) in [6, 6.07) is 3.55. The molecule has 1 unspecified atom stereocenters. The molecule has 0 spiro atoms. The molecule has 0 aromatic carbocycles. The highest BCUT2D eigenvalue weighted by Gasteiger charge is 2.22. The SMILES string of the molecule is CC(=O)N(CC(=O)NCc1ccco1)CC1CCCO1. The zero-order valence-electron chi connectivity index (χ0n) is 11.6. The molecule has 6 nitrogen and oxygen atoms in total. The average molecular weight is 280 g/mol. The Labute approximate surface area is 118 Å². The van der Waals surface area contributed by atoms with Crippen LogP contribution in [0.3, 0.4) is 0 Å². The number of hydrogen-bond donors (Lipinski definition) is 1. The van der Waals surface area contributed by atoms with E-state index in [1.54, 1.807) is 18.4 Å². The van der Waals surface area contributed by atoms with E-state index >= 15 is 0 Å². The second kappa shape index (κ2) is 7.09. The lowest BCUT2D eigenvalue weighted by Gasteiger charge is -2.23. The largest absolute Gasteiger partial charge is 0.467 e. The molecule has 1 aliphatic rings. The molecule has 0 aliphatic carbocycles. The van der Waals surface area contributed by atoms with Crippen molar-refractivity contribution < 1.29 is 18.7 Å². The van der Waals surface area contributed by atoms with Gasteiger partial charge in [-0.05, 0) is 25.0 Å². The number of hydrogen-bond acceptors (Lipinski definition) is 4. The summed E-state index contributed by atoms with van der Waals surface area (Å²) in [5.74, 6) is 0.370. The first-order chi connectivity index (χ1) is 9.65. The minimum Gasteiger partial charge on any atom is -0.467 e. The lowest BCUT2D eigenvalue weighted by atomic mass is 10.2. The van der Waals surface area contributed by atoms with Crippen LogP contribution in [0.5, 0.6) is 0 Å². The Bertz CT molecular complexity index is 438. The van der Waals surface area contributed by atoms with E-state index in [9.17, 15) is 9.59 Å². The summed E-state index contributed by atoms with van der Waals surface area (Å²) < 4.78 is 10.6. The Morgan fingerprint density at radius 1 is 1.50 bits per heavy atom. The van der Waals surface area contributed by atoms with Crippen LogP contribution >= 0.6 is 0 Å². The Kier molecular flexibility index (Phi) is 5.17. The molecule has 2 amide bonds. The molecule has 1 aliphatic heterocycles. The van der Waals surface area contributed by atoms with Crippen LogP contribution in [0.15, 0.2) is 22.8 Å². The van der Waals surface area contributed by atoms with Crippen LogP contribution in [0.1, 0.15) is 25.5 Å². The molecule has 1 saturated heterocycles. The van der Waals surface area contributed by atoms with E-state index < -0.39 is 0 Å². The Balaban J connectivity index is 1.77. The summed E-state index contributed by atoms with van der Waals surface area (Å²) in [5, 5.41) is 2.73. The van der Waals surface area contributed by atoms with Gasteiger partial charge in [0.2, 0.25) is 11.8 Å². The fourth-order valence-electron chi connectivity index (χ4n) is 2.17. The average Bonchev–Trinajstić information content (AvgIpc) is 3.08. The second-order valence-electron chi connectivity index (χ2n) is 4.89. The third-order valence-electron chi connectivity index (χ3n) is 3.27. The number of rotatable bonds is 6. The summed E-state index contributed by atoms with van der Waals surface area (Å²) in [4.78, 5) is 24.9. The van der Waals surface area contributed by atoms with E-state index in [2.05, 4.69) is 5.32 Å². The Hall–Kier alpha value is -1.82. The molecular weight excluding hydrogens is 260 g/mol. The molecule has 110 valence electrons. The highest BCUT2D eigenvalue weighted by Crippen LogP contribution is 2.13. The van der Waals surface area contributed by atoms with Crippen molar-refractivity contribution in [2.45, 2.75) is 32.4 Å². The van der Waals surface area contributed by atoms with E-state index in [4.69, 9.17) is 9.15 Å². The lowest BCUT2D eigenvalue weighted by molar-refractivity contribution is -0.135. The van der Waals surface area contributed by atoms with Gasteiger partial charge in [-0.2, -0.15) is 0 Å². The topological polar surface area (TPSA) is 71.8 Å². The maximum Gasteiger partial charge on any atom is 0.240 e. The van der Waals surface area contributed by atoms with Crippen LogP contribution < -0.4 is 5.32 Å². The van der Waals surface area contributed by atoms with Crippen molar-refractivity contribution in [1.29, 1.82) is 0 Å². The summed E-state index contributed by atoms with van der Waals surface area (Å²) in [6.45, 7) is 3.06. The van der Waals surface area contributed by atoms with Crippen molar-refractivity contribution in [2.75, 3.05) is 19.7 Å². The zero-order valence-corrected chi connectivity index (χ0v) is 11.6. The number of carbonyl (C=O) groups is 2. The van der Waals surface area contributed by atoms with Crippen LogP contribution in [-0.4, -0.2) is 42.5 Å². The Morgan fingerprint density at radius 3 is 2.95 bits per heavy atom. The zero-order chi connectivity index (χ0) is 14.4. The van der Waals surface area contributed by atoms with Gasteiger partial charge in [0.05, 0.1) is 25.5 Å². The summed E-state index contributed by atoms with van der Waals surface area (Å²) >= 11 is 0. The normalized spacial score (nSPS) is 17.9. The number of nitrogens with zero attached hydrogens (tertiary/aromatic N) is 1. The quantitative estimate of drug-likeness (QED) is 0.841. The minimum absolute atomic E-state index is 0.0515. The molecule has 6 heteroatoms. The van der Waals surface area contributed by atoms with Gasteiger partial charge in [0.1, 0.15) is 5.76 Å². The highest BCUT2D eigenvalue weighted by molar-refractivity contribution is 5.83. The number of nitrogens with one attached hydrogen (secondary N) is 1. The second-order valence-corrected chi connectivity index (χ2v) is 4.89. The van der Waals surface area contributed by atoms with Gasteiger partial charge in [0, 0.05) is 20.1 Å².